The van der Waals surface area contributed by atoms with Crippen molar-refractivity contribution in [1.82, 2.24) is 0 Å². The number of hydrogen-bond donors (Lipinski definition) is 0. The molecule has 0 aliphatic heterocycles. The van der Waals surface area contributed by atoms with E-state index in [9.17, 15) is 13.2 Å². The standard InChI is InChI=1S/C15H12F3O/c1-2-11-3-7-13(8-4-11)19-14-9-5-12(6-10-14)15(16,17)18/h3-10H,1-2H2. The van der Waals surface area contributed by atoms with Gasteiger partial charge in [-0.2, -0.15) is 13.2 Å². The SMILES string of the molecule is [CH2]Cc1ccc(Oc2ccc(C(F)(F)F)cc2)cc1. The third kappa shape index (κ3) is 3.50. The molecule has 0 aliphatic rings. The summed E-state index contributed by atoms with van der Waals surface area (Å²) >= 11 is 0. The first-order chi connectivity index (χ1) is 8.99. The van der Waals surface area contributed by atoms with Crippen molar-refractivity contribution in [2.24, 2.45) is 0 Å². The zero-order valence-electron chi connectivity index (χ0n) is 10.1. The van der Waals surface area contributed by atoms with Crippen LogP contribution in [0.15, 0.2) is 48.5 Å². The zero-order chi connectivity index (χ0) is 13.9. The Balaban J connectivity index is 2.10. The second kappa shape index (κ2) is 5.34. The van der Waals surface area contributed by atoms with Crippen molar-refractivity contribution in [2.75, 3.05) is 0 Å². The maximum atomic E-state index is 12.4. The van der Waals surface area contributed by atoms with Gasteiger partial charge in [-0.3, -0.25) is 0 Å². The van der Waals surface area contributed by atoms with E-state index in [2.05, 4.69) is 6.92 Å². The average Bonchev–Trinajstić information content (AvgIpc) is 2.39. The molecule has 0 bridgehead atoms. The van der Waals surface area contributed by atoms with Gasteiger partial charge in [0.05, 0.1) is 5.56 Å². The molecule has 19 heavy (non-hydrogen) atoms. The van der Waals surface area contributed by atoms with Crippen molar-refractivity contribution in [3.8, 4) is 11.5 Å². The lowest BCUT2D eigenvalue weighted by Gasteiger charge is -2.09. The molecule has 0 unspecified atom stereocenters. The predicted molar refractivity (Wildman–Crippen MR) is 67.0 cm³/mol. The van der Waals surface area contributed by atoms with Crippen LogP contribution >= 0.6 is 0 Å². The third-order valence-electron chi connectivity index (χ3n) is 2.63. The van der Waals surface area contributed by atoms with Gasteiger partial charge in [-0.05, 0) is 55.3 Å². The first kappa shape index (κ1) is 13.5. The van der Waals surface area contributed by atoms with E-state index in [1.54, 1.807) is 12.1 Å². The molecule has 1 radical (unpaired) electrons. The molecule has 0 aromatic heterocycles. The van der Waals surface area contributed by atoms with Gasteiger partial charge in [0.1, 0.15) is 11.5 Å². The molecule has 0 saturated heterocycles. The topological polar surface area (TPSA) is 9.23 Å². The van der Waals surface area contributed by atoms with E-state index in [1.165, 1.54) is 12.1 Å². The smallest absolute Gasteiger partial charge is 0.416 e. The van der Waals surface area contributed by atoms with E-state index < -0.39 is 11.7 Å². The molecule has 0 spiro atoms. The molecule has 0 amide bonds. The van der Waals surface area contributed by atoms with Crippen LogP contribution in [0.5, 0.6) is 11.5 Å². The number of ether oxygens (including phenoxy) is 1. The Bertz CT molecular complexity index is 527. The summed E-state index contributed by atoms with van der Waals surface area (Å²) in [4.78, 5) is 0. The largest absolute Gasteiger partial charge is 0.457 e. The quantitative estimate of drug-likeness (QED) is 0.769. The highest BCUT2D eigenvalue weighted by atomic mass is 19.4. The Morgan fingerprint density at radius 3 is 1.74 bits per heavy atom. The Labute approximate surface area is 109 Å². The summed E-state index contributed by atoms with van der Waals surface area (Å²) in [6.45, 7) is 3.75. The van der Waals surface area contributed by atoms with Gasteiger partial charge in [-0.25, -0.2) is 0 Å². The average molecular weight is 265 g/mol. The van der Waals surface area contributed by atoms with E-state index >= 15 is 0 Å². The third-order valence-corrected chi connectivity index (χ3v) is 2.63. The molecule has 0 saturated carbocycles. The second-order valence-electron chi connectivity index (χ2n) is 4.02. The van der Waals surface area contributed by atoms with E-state index in [1.807, 2.05) is 12.1 Å². The lowest BCUT2D eigenvalue weighted by atomic mass is 10.2. The number of rotatable bonds is 3. The normalized spacial score (nSPS) is 11.4. The van der Waals surface area contributed by atoms with Gasteiger partial charge in [0.15, 0.2) is 0 Å². The van der Waals surface area contributed by atoms with E-state index in [0.717, 1.165) is 17.7 Å². The molecule has 0 N–H and O–H groups in total. The van der Waals surface area contributed by atoms with Gasteiger partial charge in [0.25, 0.3) is 0 Å². The van der Waals surface area contributed by atoms with Crippen molar-refractivity contribution in [2.45, 2.75) is 12.6 Å². The van der Waals surface area contributed by atoms with Crippen molar-refractivity contribution >= 4 is 0 Å². The molecular formula is C15H12F3O. The van der Waals surface area contributed by atoms with Crippen LogP contribution in [-0.2, 0) is 12.6 Å². The Morgan fingerprint density at radius 2 is 1.32 bits per heavy atom. The lowest BCUT2D eigenvalue weighted by Crippen LogP contribution is -2.03. The van der Waals surface area contributed by atoms with Crippen LogP contribution in [-0.4, -0.2) is 0 Å². The highest BCUT2D eigenvalue weighted by Gasteiger charge is 2.29. The van der Waals surface area contributed by atoms with Gasteiger partial charge in [-0.1, -0.05) is 12.1 Å². The molecular weight excluding hydrogens is 253 g/mol. The molecule has 4 heteroatoms. The molecule has 0 aliphatic carbocycles. The number of alkyl halides is 3. The maximum absolute atomic E-state index is 12.4. The van der Waals surface area contributed by atoms with Gasteiger partial charge in [0, 0.05) is 0 Å². The highest BCUT2D eigenvalue weighted by molar-refractivity contribution is 5.35. The van der Waals surface area contributed by atoms with Gasteiger partial charge >= 0.3 is 6.18 Å². The Hall–Kier alpha value is -1.97. The molecule has 1 nitrogen and oxygen atoms in total. The second-order valence-corrected chi connectivity index (χ2v) is 4.02. The van der Waals surface area contributed by atoms with Crippen LogP contribution in [0.1, 0.15) is 11.1 Å². The van der Waals surface area contributed by atoms with Crippen molar-refractivity contribution in [1.29, 1.82) is 0 Å². The fraction of sp³-hybridized carbons (Fsp3) is 0.133. The first-order valence-corrected chi connectivity index (χ1v) is 5.72. The summed E-state index contributed by atoms with van der Waals surface area (Å²) in [5.41, 5.74) is 0.382. The number of benzene rings is 2. The van der Waals surface area contributed by atoms with Crippen LogP contribution in [0, 0.1) is 6.92 Å². The summed E-state index contributed by atoms with van der Waals surface area (Å²) in [5.74, 6) is 0.951. The van der Waals surface area contributed by atoms with Crippen LogP contribution in [0.4, 0.5) is 13.2 Å². The highest BCUT2D eigenvalue weighted by Crippen LogP contribution is 2.31. The van der Waals surface area contributed by atoms with Crippen molar-refractivity contribution < 1.29 is 17.9 Å². The molecule has 99 valence electrons. The van der Waals surface area contributed by atoms with Crippen LogP contribution < -0.4 is 4.74 Å². The van der Waals surface area contributed by atoms with E-state index in [-0.39, 0.29) is 0 Å². The minimum Gasteiger partial charge on any atom is -0.457 e. The number of hydrogen-bond acceptors (Lipinski definition) is 1. The van der Waals surface area contributed by atoms with Gasteiger partial charge < -0.3 is 4.74 Å². The van der Waals surface area contributed by atoms with Crippen LogP contribution in [0.2, 0.25) is 0 Å². The predicted octanol–water partition coefficient (Wildman–Crippen LogP) is 4.87. The lowest BCUT2D eigenvalue weighted by molar-refractivity contribution is -0.137. The fourth-order valence-corrected chi connectivity index (χ4v) is 1.57. The fourth-order valence-electron chi connectivity index (χ4n) is 1.57. The minimum absolute atomic E-state index is 0.371. The van der Waals surface area contributed by atoms with Crippen LogP contribution in [0.25, 0.3) is 0 Å². The molecule has 0 fully saturated rings. The van der Waals surface area contributed by atoms with Crippen molar-refractivity contribution in [3.63, 3.8) is 0 Å². The molecule has 0 atom stereocenters. The van der Waals surface area contributed by atoms with Gasteiger partial charge in [-0.15, -0.1) is 0 Å². The van der Waals surface area contributed by atoms with E-state index in [0.29, 0.717) is 17.9 Å². The summed E-state index contributed by atoms with van der Waals surface area (Å²) in [5, 5.41) is 0. The summed E-state index contributed by atoms with van der Waals surface area (Å²) in [6, 6.07) is 11.9. The Morgan fingerprint density at radius 1 is 0.842 bits per heavy atom. The molecule has 2 rings (SSSR count). The van der Waals surface area contributed by atoms with E-state index in [4.69, 9.17) is 4.74 Å². The van der Waals surface area contributed by atoms with Gasteiger partial charge in [0.2, 0.25) is 0 Å². The zero-order valence-corrected chi connectivity index (χ0v) is 10.1. The summed E-state index contributed by atoms with van der Waals surface area (Å²) in [6.07, 6.45) is -3.64. The first-order valence-electron chi connectivity index (χ1n) is 5.72. The number of halogens is 3. The summed E-state index contributed by atoms with van der Waals surface area (Å²) in [7, 11) is 0. The van der Waals surface area contributed by atoms with Crippen LogP contribution in [0.3, 0.4) is 0 Å². The molecule has 2 aromatic carbocycles. The molecule has 0 heterocycles. The maximum Gasteiger partial charge on any atom is 0.416 e. The molecule has 2 aromatic rings. The monoisotopic (exact) mass is 265 g/mol. The minimum atomic E-state index is -4.33. The Kier molecular flexibility index (Phi) is 3.79. The summed E-state index contributed by atoms with van der Waals surface area (Å²) < 4.78 is 42.6. The van der Waals surface area contributed by atoms with Crippen molar-refractivity contribution in [3.05, 3.63) is 66.6 Å².